The van der Waals surface area contributed by atoms with Crippen LogP contribution in [-0.2, 0) is 0 Å². The van der Waals surface area contributed by atoms with Gasteiger partial charge in [0.2, 0.25) is 11.6 Å². The second-order valence-corrected chi connectivity index (χ2v) is 6.86. The lowest BCUT2D eigenvalue weighted by atomic mass is 9.93. The summed E-state index contributed by atoms with van der Waals surface area (Å²) in [6, 6.07) is 7.38. The molecule has 0 unspecified atom stereocenters. The Kier molecular flexibility index (Phi) is 5.46. The van der Waals surface area contributed by atoms with Crippen LogP contribution in [0.15, 0.2) is 36.7 Å². The lowest BCUT2D eigenvalue weighted by molar-refractivity contribution is 0.0881. The van der Waals surface area contributed by atoms with Gasteiger partial charge in [-0.15, -0.1) is 5.10 Å². The molecular weight excluding hydrogens is 374 g/mol. The largest absolute Gasteiger partial charge is 0.493 e. The number of rotatable bonds is 6. The molecule has 0 aliphatic heterocycles. The van der Waals surface area contributed by atoms with Gasteiger partial charge >= 0.3 is 0 Å². The highest BCUT2D eigenvalue weighted by molar-refractivity contribution is 5.91. The van der Waals surface area contributed by atoms with Crippen molar-refractivity contribution in [3.63, 3.8) is 0 Å². The molecule has 0 bridgehead atoms. The minimum Gasteiger partial charge on any atom is -0.493 e. The third-order valence-electron chi connectivity index (χ3n) is 4.99. The molecular formula is C20H23N5O4. The van der Waals surface area contributed by atoms with E-state index >= 15 is 0 Å². The topological polar surface area (TPSA) is 99.9 Å². The Morgan fingerprint density at radius 1 is 1.10 bits per heavy atom. The SMILES string of the molecule is COc1cccc(OC2CCC(NC(=O)c3nc4ncccn4n3)CC2)c1OC. The number of nitrogens with zero attached hydrogens (tertiary/aromatic N) is 4. The quantitative estimate of drug-likeness (QED) is 0.681. The van der Waals surface area contributed by atoms with Crippen LogP contribution in [0.4, 0.5) is 0 Å². The van der Waals surface area contributed by atoms with Gasteiger partial charge in [0.1, 0.15) is 0 Å². The number of para-hydroxylation sites is 1. The van der Waals surface area contributed by atoms with Crippen LogP contribution in [-0.4, -0.2) is 51.9 Å². The highest BCUT2D eigenvalue weighted by Crippen LogP contribution is 2.38. The molecule has 152 valence electrons. The predicted octanol–water partition coefficient (Wildman–Crippen LogP) is 2.26. The van der Waals surface area contributed by atoms with Gasteiger partial charge in [0.15, 0.2) is 11.5 Å². The fourth-order valence-electron chi connectivity index (χ4n) is 3.53. The summed E-state index contributed by atoms with van der Waals surface area (Å²) in [7, 11) is 3.20. The summed E-state index contributed by atoms with van der Waals surface area (Å²) in [5.74, 6) is 2.15. The third kappa shape index (κ3) is 4.08. The molecule has 2 aromatic heterocycles. The van der Waals surface area contributed by atoms with Crippen LogP contribution >= 0.6 is 0 Å². The van der Waals surface area contributed by atoms with Crippen molar-refractivity contribution in [3.8, 4) is 17.2 Å². The Labute approximate surface area is 168 Å². The second-order valence-electron chi connectivity index (χ2n) is 6.86. The van der Waals surface area contributed by atoms with E-state index in [1.165, 1.54) is 4.52 Å². The first-order chi connectivity index (χ1) is 14.2. The van der Waals surface area contributed by atoms with Crippen molar-refractivity contribution >= 4 is 11.7 Å². The first-order valence-electron chi connectivity index (χ1n) is 9.54. The number of fused-ring (bicyclic) bond motifs is 1. The first kappa shape index (κ1) is 19.0. The van der Waals surface area contributed by atoms with Crippen LogP contribution in [0.2, 0.25) is 0 Å². The maximum Gasteiger partial charge on any atom is 0.291 e. The summed E-state index contributed by atoms with van der Waals surface area (Å²) in [6.45, 7) is 0. The van der Waals surface area contributed by atoms with Crippen molar-refractivity contribution in [2.45, 2.75) is 37.8 Å². The Morgan fingerprint density at radius 2 is 1.90 bits per heavy atom. The summed E-state index contributed by atoms with van der Waals surface area (Å²) in [6.07, 6.45) is 6.66. The van der Waals surface area contributed by atoms with Crippen LogP contribution in [0.5, 0.6) is 17.2 Å². The molecule has 29 heavy (non-hydrogen) atoms. The normalized spacial score (nSPS) is 19.0. The van der Waals surface area contributed by atoms with E-state index in [2.05, 4.69) is 20.4 Å². The number of hydrogen-bond donors (Lipinski definition) is 1. The predicted molar refractivity (Wildman–Crippen MR) is 104 cm³/mol. The average Bonchev–Trinajstić information content (AvgIpc) is 3.19. The van der Waals surface area contributed by atoms with Gasteiger partial charge in [0.25, 0.3) is 11.7 Å². The summed E-state index contributed by atoms with van der Waals surface area (Å²) in [5.41, 5.74) is 0. The average molecular weight is 397 g/mol. The molecule has 0 saturated heterocycles. The number of amides is 1. The molecule has 1 N–H and O–H groups in total. The van der Waals surface area contributed by atoms with E-state index in [0.717, 1.165) is 25.7 Å². The summed E-state index contributed by atoms with van der Waals surface area (Å²) in [5, 5.41) is 7.18. The molecule has 1 aliphatic rings. The molecule has 0 spiro atoms. The summed E-state index contributed by atoms with van der Waals surface area (Å²) < 4.78 is 18.4. The molecule has 2 heterocycles. The molecule has 0 radical (unpaired) electrons. The Balaban J connectivity index is 1.33. The molecule has 3 aromatic rings. The Morgan fingerprint density at radius 3 is 2.62 bits per heavy atom. The summed E-state index contributed by atoms with van der Waals surface area (Å²) in [4.78, 5) is 20.7. The van der Waals surface area contributed by atoms with Crippen molar-refractivity contribution in [2.75, 3.05) is 14.2 Å². The zero-order chi connectivity index (χ0) is 20.2. The van der Waals surface area contributed by atoms with Crippen LogP contribution in [0, 0.1) is 0 Å². The first-order valence-corrected chi connectivity index (χ1v) is 9.54. The highest BCUT2D eigenvalue weighted by Gasteiger charge is 2.26. The van der Waals surface area contributed by atoms with E-state index in [1.807, 2.05) is 18.2 Å². The van der Waals surface area contributed by atoms with Crippen LogP contribution < -0.4 is 19.5 Å². The Bertz CT molecular complexity index is 964. The van der Waals surface area contributed by atoms with Gasteiger partial charge in [0, 0.05) is 18.4 Å². The summed E-state index contributed by atoms with van der Waals surface area (Å²) >= 11 is 0. The fourth-order valence-corrected chi connectivity index (χ4v) is 3.53. The van der Waals surface area contributed by atoms with Crippen LogP contribution in [0.1, 0.15) is 36.3 Å². The van der Waals surface area contributed by atoms with Gasteiger partial charge in [-0.2, -0.15) is 4.98 Å². The van der Waals surface area contributed by atoms with Crippen LogP contribution in [0.25, 0.3) is 5.78 Å². The second kappa shape index (κ2) is 8.34. The molecule has 0 atom stereocenters. The van der Waals surface area contributed by atoms with E-state index in [1.54, 1.807) is 32.7 Å². The number of carbonyl (C=O) groups excluding carboxylic acids is 1. The zero-order valence-electron chi connectivity index (χ0n) is 16.4. The monoisotopic (exact) mass is 397 g/mol. The van der Waals surface area contributed by atoms with E-state index < -0.39 is 0 Å². The maximum atomic E-state index is 12.5. The number of hydrogen-bond acceptors (Lipinski definition) is 7. The molecule has 1 saturated carbocycles. The molecule has 4 rings (SSSR count). The van der Waals surface area contributed by atoms with E-state index in [9.17, 15) is 4.79 Å². The smallest absolute Gasteiger partial charge is 0.291 e. The molecule has 9 nitrogen and oxygen atoms in total. The Hall–Kier alpha value is -3.36. The number of benzene rings is 1. The van der Waals surface area contributed by atoms with Gasteiger partial charge in [0.05, 0.1) is 20.3 Å². The number of aromatic nitrogens is 4. The van der Waals surface area contributed by atoms with Gasteiger partial charge in [-0.3, -0.25) is 4.79 Å². The molecule has 1 aromatic carbocycles. The van der Waals surface area contributed by atoms with Gasteiger partial charge in [-0.1, -0.05) is 6.07 Å². The number of carbonyl (C=O) groups is 1. The van der Waals surface area contributed by atoms with Gasteiger partial charge in [-0.05, 0) is 43.9 Å². The van der Waals surface area contributed by atoms with Crippen LogP contribution in [0.3, 0.4) is 0 Å². The minimum atomic E-state index is -0.283. The van der Waals surface area contributed by atoms with E-state index in [-0.39, 0.29) is 23.9 Å². The van der Waals surface area contributed by atoms with Crippen molar-refractivity contribution in [2.24, 2.45) is 0 Å². The highest BCUT2D eigenvalue weighted by atomic mass is 16.5. The van der Waals surface area contributed by atoms with E-state index in [4.69, 9.17) is 14.2 Å². The number of ether oxygens (including phenoxy) is 3. The van der Waals surface area contributed by atoms with Gasteiger partial charge in [-0.25, -0.2) is 9.50 Å². The van der Waals surface area contributed by atoms with Crippen molar-refractivity contribution < 1.29 is 19.0 Å². The standard InChI is InChI=1S/C20H23N5O4/c1-27-15-5-3-6-16(17(15)28-2)29-14-9-7-13(8-10-14)22-19(26)18-23-20-21-11-4-12-25(20)24-18/h3-6,11-14H,7-10H2,1-2H3,(H,22,26). The van der Waals surface area contributed by atoms with Gasteiger partial charge < -0.3 is 19.5 Å². The molecule has 9 heteroatoms. The number of methoxy groups -OCH3 is 2. The molecule has 1 aliphatic carbocycles. The minimum absolute atomic E-state index is 0.0571. The van der Waals surface area contributed by atoms with Crippen molar-refractivity contribution in [1.29, 1.82) is 0 Å². The lowest BCUT2D eigenvalue weighted by Gasteiger charge is -2.29. The fraction of sp³-hybridized carbons (Fsp3) is 0.400. The lowest BCUT2D eigenvalue weighted by Crippen LogP contribution is -2.40. The maximum absolute atomic E-state index is 12.5. The van der Waals surface area contributed by atoms with Crippen molar-refractivity contribution in [3.05, 3.63) is 42.5 Å². The molecule has 1 amide bonds. The third-order valence-corrected chi connectivity index (χ3v) is 4.99. The van der Waals surface area contributed by atoms with Crippen molar-refractivity contribution in [1.82, 2.24) is 24.9 Å². The number of nitrogens with one attached hydrogen (secondary N) is 1. The zero-order valence-corrected chi connectivity index (χ0v) is 16.4. The van der Waals surface area contributed by atoms with E-state index in [0.29, 0.717) is 23.0 Å². The molecule has 1 fully saturated rings.